The first-order valence-corrected chi connectivity index (χ1v) is 6.34. The number of carbonyl (C=O) groups excluding carboxylic acids is 1. The zero-order chi connectivity index (χ0) is 15.3. The smallest absolute Gasteiger partial charge is 0.282 e. The molecule has 1 unspecified atom stereocenters. The molecule has 0 saturated carbocycles. The van der Waals surface area contributed by atoms with Crippen LogP contribution in [0.25, 0.3) is 0 Å². The van der Waals surface area contributed by atoms with Crippen molar-refractivity contribution in [3.8, 4) is 6.07 Å². The molecule has 0 aliphatic carbocycles. The zero-order valence-corrected chi connectivity index (χ0v) is 11.8. The normalized spacial score (nSPS) is 11.5. The highest BCUT2D eigenvalue weighted by Crippen LogP contribution is 2.22. The summed E-state index contributed by atoms with van der Waals surface area (Å²) in [5.41, 5.74) is 0.647. The highest BCUT2D eigenvalue weighted by molar-refractivity contribution is 5.98. The summed E-state index contributed by atoms with van der Waals surface area (Å²) in [5.74, 6) is -0.729. The van der Waals surface area contributed by atoms with Crippen molar-refractivity contribution in [2.24, 2.45) is 5.92 Å². The average molecular weight is 275 g/mol. The first-order valence-electron chi connectivity index (χ1n) is 6.34. The highest BCUT2D eigenvalue weighted by Gasteiger charge is 2.24. The Bertz CT molecular complexity index is 563. The monoisotopic (exact) mass is 275 g/mol. The van der Waals surface area contributed by atoms with Crippen LogP contribution >= 0.6 is 0 Å². The fraction of sp³-hybridized carbons (Fsp3) is 0.429. The van der Waals surface area contributed by atoms with E-state index in [1.54, 1.807) is 26.8 Å². The molecule has 1 amide bonds. The van der Waals surface area contributed by atoms with E-state index < -0.39 is 10.8 Å². The number of benzene rings is 1. The summed E-state index contributed by atoms with van der Waals surface area (Å²) in [6, 6.07) is 6.51. The van der Waals surface area contributed by atoms with Crippen LogP contribution in [0.3, 0.4) is 0 Å². The number of nitro groups is 1. The van der Waals surface area contributed by atoms with Gasteiger partial charge in [-0.25, -0.2) is 0 Å². The molecule has 0 saturated heterocycles. The van der Waals surface area contributed by atoms with E-state index in [0.29, 0.717) is 6.54 Å². The molecule has 0 spiro atoms. The molecule has 0 fully saturated rings. The van der Waals surface area contributed by atoms with E-state index in [2.05, 4.69) is 6.07 Å². The number of rotatable bonds is 5. The van der Waals surface area contributed by atoms with Gasteiger partial charge in [-0.2, -0.15) is 5.26 Å². The summed E-state index contributed by atoms with van der Waals surface area (Å²) in [5, 5.41) is 19.8. The van der Waals surface area contributed by atoms with Crippen LogP contribution in [-0.2, 0) is 0 Å². The molecule has 1 atom stereocenters. The lowest BCUT2D eigenvalue weighted by Gasteiger charge is -2.22. The molecule has 0 aliphatic heterocycles. The van der Waals surface area contributed by atoms with Gasteiger partial charge in [-0.15, -0.1) is 0 Å². The van der Waals surface area contributed by atoms with Crippen molar-refractivity contribution in [2.45, 2.75) is 20.8 Å². The van der Waals surface area contributed by atoms with Crippen molar-refractivity contribution in [3.05, 3.63) is 39.4 Å². The largest absolute Gasteiger partial charge is 0.337 e. The minimum absolute atomic E-state index is 0.0713. The standard InChI is InChI=1S/C14H17N3O3/c1-4-16(9-11(3)8-15)14(18)12-7-10(2)5-6-13(12)17(19)20/h5-7,11H,4,9H2,1-3H3. The van der Waals surface area contributed by atoms with Crippen molar-refractivity contribution < 1.29 is 9.72 Å². The van der Waals surface area contributed by atoms with E-state index in [0.717, 1.165) is 5.56 Å². The molecule has 0 N–H and O–H groups in total. The number of amides is 1. The molecule has 0 bridgehead atoms. The molecule has 0 aliphatic rings. The van der Waals surface area contributed by atoms with E-state index >= 15 is 0 Å². The summed E-state index contributed by atoms with van der Waals surface area (Å²) in [4.78, 5) is 24.3. The number of nitriles is 1. The van der Waals surface area contributed by atoms with E-state index in [4.69, 9.17) is 5.26 Å². The van der Waals surface area contributed by atoms with Crippen LogP contribution in [0.15, 0.2) is 18.2 Å². The maximum atomic E-state index is 12.4. The SMILES string of the molecule is CCN(CC(C)C#N)C(=O)c1cc(C)ccc1[N+](=O)[O-]. The van der Waals surface area contributed by atoms with Gasteiger partial charge in [0.1, 0.15) is 5.56 Å². The summed E-state index contributed by atoms with van der Waals surface area (Å²) in [6.07, 6.45) is 0. The van der Waals surface area contributed by atoms with Crippen LogP contribution in [0.4, 0.5) is 5.69 Å². The third-order valence-corrected chi connectivity index (χ3v) is 2.96. The Hall–Kier alpha value is -2.42. The number of aryl methyl sites for hydroxylation is 1. The Balaban J connectivity index is 3.15. The summed E-state index contributed by atoms with van der Waals surface area (Å²) in [7, 11) is 0. The van der Waals surface area contributed by atoms with Gasteiger partial charge in [0.2, 0.25) is 0 Å². The predicted molar refractivity (Wildman–Crippen MR) is 74.2 cm³/mol. The lowest BCUT2D eigenvalue weighted by Crippen LogP contribution is -2.34. The quantitative estimate of drug-likeness (QED) is 0.610. The summed E-state index contributed by atoms with van der Waals surface area (Å²) >= 11 is 0. The molecule has 6 nitrogen and oxygen atoms in total. The molecular weight excluding hydrogens is 258 g/mol. The number of nitro benzene ring substituents is 1. The minimum atomic E-state index is -0.561. The molecule has 1 rings (SSSR count). The maximum Gasteiger partial charge on any atom is 0.282 e. The third-order valence-electron chi connectivity index (χ3n) is 2.96. The highest BCUT2D eigenvalue weighted by atomic mass is 16.6. The van der Waals surface area contributed by atoms with Gasteiger partial charge in [0, 0.05) is 19.2 Å². The fourth-order valence-electron chi connectivity index (χ4n) is 1.88. The lowest BCUT2D eigenvalue weighted by molar-refractivity contribution is -0.385. The molecular formula is C14H17N3O3. The van der Waals surface area contributed by atoms with Crippen LogP contribution in [0.2, 0.25) is 0 Å². The van der Waals surface area contributed by atoms with Gasteiger partial charge in [-0.05, 0) is 32.4 Å². The van der Waals surface area contributed by atoms with E-state index in [1.165, 1.54) is 17.0 Å². The first-order chi connectivity index (χ1) is 9.40. The average Bonchev–Trinajstić information content (AvgIpc) is 2.43. The van der Waals surface area contributed by atoms with Gasteiger partial charge in [-0.3, -0.25) is 14.9 Å². The first kappa shape index (κ1) is 15.6. The van der Waals surface area contributed by atoms with Gasteiger partial charge >= 0.3 is 0 Å². The minimum Gasteiger partial charge on any atom is -0.337 e. The van der Waals surface area contributed by atoms with Crippen molar-refractivity contribution >= 4 is 11.6 Å². The van der Waals surface area contributed by atoms with Crippen LogP contribution in [0, 0.1) is 34.3 Å². The van der Waals surface area contributed by atoms with Crippen molar-refractivity contribution in [1.82, 2.24) is 4.90 Å². The van der Waals surface area contributed by atoms with Crippen molar-refractivity contribution in [1.29, 1.82) is 5.26 Å². The topological polar surface area (TPSA) is 87.2 Å². The molecule has 106 valence electrons. The van der Waals surface area contributed by atoms with Gasteiger partial charge in [0.05, 0.1) is 16.9 Å². The maximum absolute atomic E-state index is 12.4. The second-order valence-corrected chi connectivity index (χ2v) is 4.65. The zero-order valence-electron chi connectivity index (χ0n) is 11.8. The molecule has 1 aromatic carbocycles. The van der Waals surface area contributed by atoms with Gasteiger partial charge < -0.3 is 4.90 Å². The van der Waals surface area contributed by atoms with E-state index in [9.17, 15) is 14.9 Å². The van der Waals surface area contributed by atoms with Crippen LogP contribution in [0.1, 0.15) is 29.8 Å². The van der Waals surface area contributed by atoms with Crippen molar-refractivity contribution in [3.63, 3.8) is 0 Å². The summed E-state index contributed by atoms with van der Waals surface area (Å²) in [6.45, 7) is 5.92. The number of carbonyl (C=O) groups is 1. The Morgan fingerprint density at radius 3 is 2.70 bits per heavy atom. The molecule has 0 heterocycles. The molecule has 0 aromatic heterocycles. The summed E-state index contributed by atoms with van der Waals surface area (Å²) < 4.78 is 0. The predicted octanol–water partition coefficient (Wildman–Crippen LogP) is 2.53. The lowest BCUT2D eigenvalue weighted by atomic mass is 10.1. The molecule has 0 radical (unpaired) electrons. The molecule has 6 heteroatoms. The van der Waals surface area contributed by atoms with Crippen LogP contribution in [0.5, 0.6) is 0 Å². The molecule has 1 aromatic rings. The van der Waals surface area contributed by atoms with Gasteiger partial charge in [0.15, 0.2) is 0 Å². The van der Waals surface area contributed by atoms with Crippen LogP contribution in [-0.4, -0.2) is 28.8 Å². The Kier molecular flexibility index (Phi) is 5.21. The van der Waals surface area contributed by atoms with Gasteiger partial charge in [0.25, 0.3) is 11.6 Å². The van der Waals surface area contributed by atoms with Gasteiger partial charge in [-0.1, -0.05) is 6.07 Å². The fourth-order valence-corrected chi connectivity index (χ4v) is 1.88. The second kappa shape index (κ2) is 6.66. The van der Waals surface area contributed by atoms with E-state index in [-0.39, 0.29) is 23.7 Å². The van der Waals surface area contributed by atoms with Crippen molar-refractivity contribution in [2.75, 3.05) is 13.1 Å². The third kappa shape index (κ3) is 3.54. The van der Waals surface area contributed by atoms with E-state index in [1.807, 2.05) is 0 Å². The Morgan fingerprint density at radius 1 is 1.55 bits per heavy atom. The second-order valence-electron chi connectivity index (χ2n) is 4.65. The number of hydrogen-bond acceptors (Lipinski definition) is 4. The van der Waals surface area contributed by atoms with Crippen LogP contribution < -0.4 is 0 Å². The number of nitrogens with zero attached hydrogens (tertiary/aromatic N) is 3. The Morgan fingerprint density at radius 2 is 2.20 bits per heavy atom. The molecule has 20 heavy (non-hydrogen) atoms. The number of hydrogen-bond donors (Lipinski definition) is 0. The Labute approximate surface area is 117 Å².